The van der Waals surface area contributed by atoms with Gasteiger partial charge in [-0.05, 0) is 0 Å². The summed E-state index contributed by atoms with van der Waals surface area (Å²) in [6.07, 6.45) is 1.63. The van der Waals surface area contributed by atoms with E-state index in [1.165, 1.54) is 0 Å². The van der Waals surface area contributed by atoms with Crippen LogP contribution in [0.1, 0.15) is 10.4 Å². The van der Waals surface area contributed by atoms with Gasteiger partial charge in [0, 0.05) is 13.2 Å². The zero-order valence-corrected chi connectivity index (χ0v) is 7.09. The van der Waals surface area contributed by atoms with Crippen LogP contribution >= 0.6 is 0 Å². The molecule has 3 N–H and O–H groups in total. The van der Waals surface area contributed by atoms with Crippen molar-refractivity contribution in [3.63, 3.8) is 0 Å². The van der Waals surface area contributed by atoms with E-state index >= 15 is 0 Å². The molecule has 0 radical (unpaired) electrons. The second-order valence-electron chi connectivity index (χ2n) is 2.52. The third-order valence-electron chi connectivity index (χ3n) is 1.53. The molecule has 0 bridgehead atoms. The molecule has 0 aliphatic rings. The van der Waals surface area contributed by atoms with Gasteiger partial charge >= 0.3 is 0 Å². The van der Waals surface area contributed by atoms with Gasteiger partial charge in [-0.15, -0.1) is 0 Å². The van der Waals surface area contributed by atoms with Crippen LogP contribution in [0.2, 0.25) is 0 Å². The number of nitrogens with zero attached hydrogens (tertiary/aromatic N) is 1. The van der Waals surface area contributed by atoms with Crippen molar-refractivity contribution in [1.29, 1.82) is 0 Å². The maximum absolute atomic E-state index is 11.2. The van der Waals surface area contributed by atoms with Crippen molar-refractivity contribution in [2.24, 2.45) is 0 Å². The van der Waals surface area contributed by atoms with Crippen molar-refractivity contribution in [3.05, 3.63) is 17.8 Å². The van der Waals surface area contributed by atoms with Gasteiger partial charge in [-0.25, -0.2) is 4.98 Å². The van der Waals surface area contributed by atoms with Gasteiger partial charge in [0.25, 0.3) is 5.91 Å². The summed E-state index contributed by atoms with van der Waals surface area (Å²) < 4.78 is 0. The Bertz CT molecular complexity index is 314. The molecule has 0 atom stereocenters. The molecule has 62 valence electrons. The fourth-order valence-corrected chi connectivity index (χ4v) is 0.896. The summed E-state index contributed by atoms with van der Waals surface area (Å²) in [6, 6.07) is 1.71. The van der Waals surface area contributed by atoms with Crippen LogP contribution in [0.25, 0.3) is 0 Å². The Hall–Kier alpha value is -1.52. The molecular weight excluding hydrogens is 153 g/mol. The summed E-state index contributed by atoms with van der Waals surface area (Å²) in [5.41, 5.74) is 6.84. The Morgan fingerprint density at radius 2 is 2.42 bits per heavy atom. The number of rotatable bonds is 1. The number of carbonyl (C=O) groups excluding carboxylic acids is 1. The summed E-state index contributed by atoms with van der Waals surface area (Å²) in [4.78, 5) is 15.0. The highest BCUT2D eigenvalue weighted by Gasteiger charge is 2.07. The number of aromatic nitrogens is 1. The number of hydrogen-bond donors (Lipinski definition) is 2. The number of amides is 1. The predicted molar refractivity (Wildman–Crippen MR) is 50.2 cm³/mol. The average molecular weight is 163 g/mol. The highest BCUT2D eigenvalue weighted by molar-refractivity contribution is 6.32. The van der Waals surface area contributed by atoms with Gasteiger partial charge in [0.2, 0.25) is 0 Å². The lowest BCUT2D eigenvalue weighted by molar-refractivity contribution is 0.0964. The number of nitrogens with two attached hydrogens (primary N) is 1. The summed E-state index contributed by atoms with van der Waals surface area (Å²) in [6.45, 7) is 0. The van der Waals surface area contributed by atoms with Gasteiger partial charge in [-0.2, -0.15) is 0 Å². The minimum atomic E-state index is -0.205. The maximum atomic E-state index is 11.2. The Kier molecular flexibility index (Phi) is 2.33. The number of nitrogen functional groups attached to an aromatic ring is 1. The molecule has 0 saturated carbocycles. The SMILES string of the molecule is Bc1cnc(N)c(C(=O)NC)c1. The van der Waals surface area contributed by atoms with Gasteiger partial charge in [-0.3, -0.25) is 4.79 Å². The molecule has 0 aliphatic carbocycles. The molecule has 1 heterocycles. The topological polar surface area (TPSA) is 68.0 Å². The van der Waals surface area contributed by atoms with Crippen molar-refractivity contribution in [2.75, 3.05) is 12.8 Å². The molecule has 0 aromatic carbocycles. The number of pyridine rings is 1. The number of carbonyl (C=O) groups is 1. The van der Waals surface area contributed by atoms with E-state index in [1.54, 1.807) is 19.3 Å². The van der Waals surface area contributed by atoms with Crippen molar-refractivity contribution in [1.82, 2.24) is 10.3 Å². The molecule has 1 aromatic rings. The zero-order chi connectivity index (χ0) is 9.14. The first kappa shape index (κ1) is 8.58. The Labute approximate surface area is 71.6 Å². The summed E-state index contributed by atoms with van der Waals surface area (Å²) in [5, 5.41) is 2.49. The Morgan fingerprint density at radius 3 is 3.00 bits per heavy atom. The second kappa shape index (κ2) is 3.25. The molecule has 1 amide bonds. The number of anilines is 1. The predicted octanol–water partition coefficient (Wildman–Crippen LogP) is -1.72. The van der Waals surface area contributed by atoms with E-state index in [4.69, 9.17) is 5.73 Å². The number of nitrogens with one attached hydrogen (secondary N) is 1. The quantitative estimate of drug-likeness (QED) is 0.484. The van der Waals surface area contributed by atoms with E-state index < -0.39 is 0 Å². The zero-order valence-electron chi connectivity index (χ0n) is 7.09. The van der Waals surface area contributed by atoms with Crippen molar-refractivity contribution in [3.8, 4) is 0 Å². The van der Waals surface area contributed by atoms with Crippen molar-refractivity contribution < 1.29 is 4.79 Å². The van der Waals surface area contributed by atoms with Crippen LogP contribution in [-0.4, -0.2) is 25.8 Å². The highest BCUT2D eigenvalue weighted by atomic mass is 16.1. The van der Waals surface area contributed by atoms with E-state index in [0.29, 0.717) is 5.56 Å². The first-order valence-electron chi connectivity index (χ1n) is 3.59. The van der Waals surface area contributed by atoms with Crippen LogP contribution in [0.5, 0.6) is 0 Å². The largest absolute Gasteiger partial charge is 0.383 e. The molecule has 4 nitrogen and oxygen atoms in total. The Morgan fingerprint density at radius 1 is 1.75 bits per heavy atom. The smallest absolute Gasteiger partial charge is 0.254 e. The molecule has 12 heavy (non-hydrogen) atoms. The average Bonchev–Trinajstić information content (AvgIpc) is 2.08. The monoisotopic (exact) mass is 163 g/mol. The van der Waals surface area contributed by atoms with Crippen molar-refractivity contribution in [2.45, 2.75) is 0 Å². The highest BCUT2D eigenvalue weighted by Crippen LogP contribution is 2.03. The van der Waals surface area contributed by atoms with Crippen LogP contribution in [0.15, 0.2) is 12.3 Å². The molecule has 1 rings (SSSR count). The fraction of sp³-hybridized carbons (Fsp3) is 0.143. The van der Waals surface area contributed by atoms with Crippen LogP contribution in [0, 0.1) is 0 Å². The summed E-state index contributed by atoms with van der Waals surface area (Å²) >= 11 is 0. The van der Waals surface area contributed by atoms with Gasteiger partial charge < -0.3 is 11.1 Å². The molecule has 0 aliphatic heterocycles. The van der Waals surface area contributed by atoms with Gasteiger partial charge in [-0.1, -0.05) is 11.5 Å². The van der Waals surface area contributed by atoms with E-state index in [2.05, 4.69) is 10.3 Å². The minimum Gasteiger partial charge on any atom is -0.383 e. The lowest BCUT2D eigenvalue weighted by Crippen LogP contribution is -2.22. The van der Waals surface area contributed by atoms with E-state index in [9.17, 15) is 4.79 Å². The van der Waals surface area contributed by atoms with Gasteiger partial charge in [0.1, 0.15) is 13.7 Å². The molecular formula is C7H10BN3O. The molecule has 5 heteroatoms. The molecule has 0 fully saturated rings. The summed E-state index contributed by atoms with van der Waals surface area (Å²) in [5.74, 6) is 0.0589. The lowest BCUT2D eigenvalue weighted by atomic mass is 9.97. The lowest BCUT2D eigenvalue weighted by Gasteiger charge is -2.03. The molecule has 0 saturated heterocycles. The number of hydrogen-bond acceptors (Lipinski definition) is 3. The van der Waals surface area contributed by atoms with Crippen LogP contribution in [0.4, 0.5) is 5.82 Å². The Balaban J connectivity index is 3.13. The first-order chi connectivity index (χ1) is 5.65. The van der Waals surface area contributed by atoms with Gasteiger partial charge in [0.15, 0.2) is 0 Å². The molecule has 0 unspecified atom stereocenters. The van der Waals surface area contributed by atoms with E-state index in [-0.39, 0.29) is 11.7 Å². The molecule has 1 aromatic heterocycles. The third-order valence-corrected chi connectivity index (χ3v) is 1.53. The van der Waals surface area contributed by atoms with E-state index in [1.807, 2.05) is 7.85 Å². The minimum absolute atomic E-state index is 0.205. The van der Waals surface area contributed by atoms with Crippen molar-refractivity contribution >= 4 is 25.0 Å². The normalized spacial score (nSPS) is 9.42. The second-order valence-corrected chi connectivity index (χ2v) is 2.52. The first-order valence-corrected chi connectivity index (χ1v) is 3.59. The van der Waals surface area contributed by atoms with Crippen LogP contribution in [0.3, 0.4) is 0 Å². The van der Waals surface area contributed by atoms with E-state index in [0.717, 1.165) is 5.46 Å². The molecule has 0 spiro atoms. The van der Waals surface area contributed by atoms with Crippen LogP contribution in [-0.2, 0) is 0 Å². The van der Waals surface area contributed by atoms with Gasteiger partial charge in [0.05, 0.1) is 5.56 Å². The standard InChI is InChI=1S/C7H10BN3O/c1-10-7(12)5-2-4(8)3-11-6(5)9/h2-3H,8H2,1H3,(H2,9,11)(H,10,12). The fourth-order valence-electron chi connectivity index (χ4n) is 0.896. The third kappa shape index (κ3) is 1.55. The summed E-state index contributed by atoms with van der Waals surface area (Å²) in [7, 11) is 3.42. The van der Waals surface area contributed by atoms with Crippen LogP contribution < -0.4 is 16.5 Å². The maximum Gasteiger partial charge on any atom is 0.254 e.